The summed E-state index contributed by atoms with van der Waals surface area (Å²) in [4.78, 5) is 18.9. The first-order valence-corrected chi connectivity index (χ1v) is 5.84. The SMILES string of the molecule is O=[N+]([O-])c1cc(CO)ccc1Sc1cnccn1. The molecule has 18 heavy (non-hydrogen) atoms. The van der Waals surface area contributed by atoms with Gasteiger partial charge in [0.2, 0.25) is 0 Å². The van der Waals surface area contributed by atoms with E-state index in [1.807, 2.05) is 0 Å². The van der Waals surface area contributed by atoms with Crippen LogP contribution in [-0.4, -0.2) is 20.0 Å². The summed E-state index contributed by atoms with van der Waals surface area (Å²) in [6.07, 6.45) is 4.60. The van der Waals surface area contributed by atoms with Crippen molar-refractivity contribution >= 4 is 17.4 Å². The van der Waals surface area contributed by atoms with Crippen molar-refractivity contribution in [1.82, 2.24) is 9.97 Å². The maximum absolute atomic E-state index is 11.0. The topological polar surface area (TPSA) is 89.2 Å². The zero-order valence-corrected chi connectivity index (χ0v) is 10.0. The Hall–Kier alpha value is -1.99. The van der Waals surface area contributed by atoms with Gasteiger partial charge in [-0.15, -0.1) is 0 Å². The molecule has 1 N–H and O–H groups in total. The average molecular weight is 263 g/mol. The first kappa shape index (κ1) is 12.5. The standard InChI is InChI=1S/C11H9N3O3S/c15-7-8-1-2-10(9(5-8)14(16)17)18-11-6-12-3-4-13-11/h1-6,15H,7H2. The van der Waals surface area contributed by atoms with Crippen LogP contribution in [0.15, 0.2) is 46.7 Å². The average Bonchev–Trinajstić information content (AvgIpc) is 2.40. The molecule has 1 aromatic heterocycles. The van der Waals surface area contributed by atoms with Gasteiger partial charge < -0.3 is 5.11 Å². The Morgan fingerprint density at radius 1 is 1.39 bits per heavy atom. The van der Waals surface area contributed by atoms with E-state index in [1.54, 1.807) is 12.1 Å². The predicted octanol–water partition coefficient (Wildman–Crippen LogP) is 2.03. The Morgan fingerprint density at radius 3 is 2.83 bits per heavy atom. The number of aliphatic hydroxyl groups is 1. The molecular weight excluding hydrogens is 254 g/mol. The summed E-state index contributed by atoms with van der Waals surface area (Å²) in [5.41, 5.74) is 0.461. The number of nitrogens with zero attached hydrogens (tertiary/aromatic N) is 3. The molecule has 6 nitrogen and oxygen atoms in total. The monoisotopic (exact) mass is 263 g/mol. The zero-order valence-electron chi connectivity index (χ0n) is 9.18. The van der Waals surface area contributed by atoms with Crippen LogP contribution in [0.3, 0.4) is 0 Å². The molecule has 1 aromatic carbocycles. The van der Waals surface area contributed by atoms with Gasteiger partial charge in [0.25, 0.3) is 5.69 Å². The van der Waals surface area contributed by atoms with Crippen LogP contribution in [0.4, 0.5) is 5.69 Å². The number of aliphatic hydroxyl groups excluding tert-OH is 1. The van der Waals surface area contributed by atoms with E-state index < -0.39 is 4.92 Å². The van der Waals surface area contributed by atoms with Crippen molar-refractivity contribution in [3.8, 4) is 0 Å². The minimum Gasteiger partial charge on any atom is -0.392 e. The van der Waals surface area contributed by atoms with Gasteiger partial charge in [-0.05, 0) is 11.6 Å². The maximum atomic E-state index is 11.0. The van der Waals surface area contributed by atoms with Gasteiger partial charge in [0, 0.05) is 18.5 Å². The van der Waals surface area contributed by atoms with Crippen molar-refractivity contribution in [3.63, 3.8) is 0 Å². The number of aromatic nitrogens is 2. The molecular formula is C11H9N3O3S. The Labute approximate surface area is 107 Å². The second kappa shape index (κ2) is 5.56. The van der Waals surface area contributed by atoms with Crippen LogP contribution >= 0.6 is 11.8 Å². The lowest BCUT2D eigenvalue weighted by Gasteiger charge is -2.03. The highest BCUT2D eigenvalue weighted by atomic mass is 32.2. The normalized spacial score (nSPS) is 10.3. The van der Waals surface area contributed by atoms with Crippen molar-refractivity contribution in [2.45, 2.75) is 16.5 Å². The summed E-state index contributed by atoms with van der Waals surface area (Å²) in [7, 11) is 0. The van der Waals surface area contributed by atoms with Crippen LogP contribution in [0.25, 0.3) is 0 Å². The smallest absolute Gasteiger partial charge is 0.283 e. The van der Waals surface area contributed by atoms with Gasteiger partial charge in [0.15, 0.2) is 0 Å². The molecule has 0 radical (unpaired) electrons. The fraction of sp³-hybridized carbons (Fsp3) is 0.0909. The summed E-state index contributed by atoms with van der Waals surface area (Å²) in [6, 6.07) is 4.60. The fourth-order valence-corrected chi connectivity index (χ4v) is 2.17. The van der Waals surface area contributed by atoms with Crippen molar-refractivity contribution in [3.05, 3.63) is 52.5 Å². The van der Waals surface area contributed by atoms with Crippen LogP contribution < -0.4 is 0 Å². The largest absolute Gasteiger partial charge is 0.392 e. The molecule has 0 aliphatic rings. The molecule has 2 aromatic rings. The van der Waals surface area contributed by atoms with E-state index in [0.717, 1.165) is 11.8 Å². The number of hydrogen-bond donors (Lipinski definition) is 1. The molecule has 92 valence electrons. The van der Waals surface area contributed by atoms with Crippen molar-refractivity contribution in [1.29, 1.82) is 0 Å². The molecule has 0 bridgehead atoms. The molecule has 1 heterocycles. The number of rotatable bonds is 4. The Bertz CT molecular complexity index is 563. The van der Waals surface area contributed by atoms with Gasteiger partial charge in [-0.2, -0.15) is 0 Å². The lowest BCUT2D eigenvalue weighted by atomic mass is 10.2. The molecule has 0 atom stereocenters. The molecule has 0 spiro atoms. The predicted molar refractivity (Wildman–Crippen MR) is 65.2 cm³/mol. The van der Waals surface area contributed by atoms with Crippen LogP contribution in [0.1, 0.15) is 5.56 Å². The van der Waals surface area contributed by atoms with Crippen molar-refractivity contribution in [2.75, 3.05) is 0 Å². The third kappa shape index (κ3) is 2.82. The van der Waals surface area contributed by atoms with E-state index in [-0.39, 0.29) is 12.3 Å². The highest BCUT2D eigenvalue weighted by Gasteiger charge is 2.16. The fourth-order valence-electron chi connectivity index (χ4n) is 1.34. The molecule has 0 saturated heterocycles. The summed E-state index contributed by atoms with van der Waals surface area (Å²) < 4.78 is 0. The third-order valence-electron chi connectivity index (χ3n) is 2.16. The summed E-state index contributed by atoms with van der Waals surface area (Å²) >= 11 is 1.16. The second-order valence-electron chi connectivity index (χ2n) is 3.36. The molecule has 7 heteroatoms. The van der Waals surface area contributed by atoms with E-state index in [4.69, 9.17) is 5.11 Å². The number of nitro benzene ring substituents is 1. The quantitative estimate of drug-likeness (QED) is 0.670. The van der Waals surface area contributed by atoms with Crippen LogP contribution in [0.2, 0.25) is 0 Å². The van der Waals surface area contributed by atoms with Crippen LogP contribution in [0, 0.1) is 10.1 Å². The third-order valence-corrected chi connectivity index (χ3v) is 3.14. The molecule has 0 aliphatic carbocycles. The summed E-state index contributed by atoms with van der Waals surface area (Å²) in [6.45, 7) is -0.225. The Morgan fingerprint density at radius 2 is 2.22 bits per heavy atom. The number of nitro groups is 1. The molecule has 0 amide bonds. The summed E-state index contributed by atoms with van der Waals surface area (Å²) in [5, 5.41) is 20.5. The molecule has 0 unspecified atom stereocenters. The molecule has 0 aliphatic heterocycles. The summed E-state index contributed by atoms with van der Waals surface area (Å²) in [5.74, 6) is 0. The second-order valence-corrected chi connectivity index (χ2v) is 4.43. The number of benzene rings is 1. The van der Waals surface area contributed by atoms with Gasteiger partial charge in [0.05, 0.1) is 22.6 Å². The van der Waals surface area contributed by atoms with Gasteiger partial charge in [-0.3, -0.25) is 15.1 Å². The van der Waals surface area contributed by atoms with Gasteiger partial charge >= 0.3 is 0 Å². The van der Waals surface area contributed by atoms with Gasteiger partial charge in [0.1, 0.15) is 5.03 Å². The van der Waals surface area contributed by atoms with Crippen LogP contribution in [-0.2, 0) is 6.61 Å². The number of hydrogen-bond acceptors (Lipinski definition) is 6. The van der Waals surface area contributed by atoms with Gasteiger partial charge in [-0.25, -0.2) is 4.98 Å². The van der Waals surface area contributed by atoms with Crippen molar-refractivity contribution < 1.29 is 10.0 Å². The Balaban J connectivity index is 2.35. The zero-order chi connectivity index (χ0) is 13.0. The molecule has 0 fully saturated rings. The first-order chi connectivity index (χ1) is 8.70. The lowest BCUT2D eigenvalue weighted by Crippen LogP contribution is -1.94. The lowest BCUT2D eigenvalue weighted by molar-refractivity contribution is -0.387. The van der Waals surface area contributed by atoms with E-state index in [2.05, 4.69) is 9.97 Å². The van der Waals surface area contributed by atoms with Crippen molar-refractivity contribution in [2.24, 2.45) is 0 Å². The van der Waals surface area contributed by atoms with Gasteiger partial charge in [-0.1, -0.05) is 17.8 Å². The van der Waals surface area contributed by atoms with Crippen LogP contribution in [0.5, 0.6) is 0 Å². The van der Waals surface area contributed by atoms with E-state index in [9.17, 15) is 10.1 Å². The van der Waals surface area contributed by atoms with E-state index in [0.29, 0.717) is 15.5 Å². The first-order valence-electron chi connectivity index (χ1n) is 5.03. The molecule has 0 saturated carbocycles. The van der Waals surface area contributed by atoms with E-state index in [1.165, 1.54) is 24.7 Å². The minimum absolute atomic E-state index is 0.0443. The highest BCUT2D eigenvalue weighted by Crippen LogP contribution is 2.33. The highest BCUT2D eigenvalue weighted by molar-refractivity contribution is 7.99. The molecule has 2 rings (SSSR count). The minimum atomic E-state index is -0.474. The Kier molecular flexibility index (Phi) is 3.85. The maximum Gasteiger partial charge on any atom is 0.283 e. The van der Waals surface area contributed by atoms with E-state index >= 15 is 0 Å².